The Morgan fingerprint density at radius 2 is 2.11 bits per heavy atom. The van der Waals surface area contributed by atoms with Crippen molar-refractivity contribution in [2.75, 3.05) is 53.6 Å². The molecule has 0 aromatic heterocycles. The SMILES string of the molecule is CN=C(NCC(C)CN(C)C(=O)OC(C)(C)C)NCC1(CCO)CCOC1. The van der Waals surface area contributed by atoms with Crippen LogP contribution < -0.4 is 10.6 Å². The maximum atomic E-state index is 12.0. The fourth-order valence-electron chi connectivity index (χ4n) is 3.02. The van der Waals surface area contributed by atoms with Crippen molar-refractivity contribution in [2.45, 2.75) is 46.1 Å². The number of amides is 1. The van der Waals surface area contributed by atoms with E-state index in [1.54, 1.807) is 19.0 Å². The summed E-state index contributed by atoms with van der Waals surface area (Å²) in [6.07, 6.45) is 1.34. The minimum Gasteiger partial charge on any atom is -0.444 e. The molecule has 0 aromatic rings. The van der Waals surface area contributed by atoms with Crippen LogP contribution in [0, 0.1) is 11.3 Å². The number of rotatable bonds is 8. The Hall–Kier alpha value is -1.54. The maximum absolute atomic E-state index is 12.0. The van der Waals surface area contributed by atoms with Crippen molar-refractivity contribution in [1.29, 1.82) is 0 Å². The van der Waals surface area contributed by atoms with Crippen molar-refractivity contribution in [2.24, 2.45) is 16.3 Å². The van der Waals surface area contributed by atoms with Gasteiger partial charge in [0.1, 0.15) is 5.60 Å². The average molecular weight is 387 g/mol. The number of ether oxygens (including phenoxy) is 2. The van der Waals surface area contributed by atoms with E-state index in [4.69, 9.17) is 9.47 Å². The second kappa shape index (κ2) is 10.7. The first-order valence-electron chi connectivity index (χ1n) is 9.68. The summed E-state index contributed by atoms with van der Waals surface area (Å²) in [5, 5.41) is 16.0. The first-order chi connectivity index (χ1) is 12.6. The van der Waals surface area contributed by atoms with Crippen molar-refractivity contribution in [1.82, 2.24) is 15.5 Å². The van der Waals surface area contributed by atoms with Gasteiger partial charge in [0.2, 0.25) is 0 Å². The monoisotopic (exact) mass is 386 g/mol. The summed E-state index contributed by atoms with van der Waals surface area (Å²) < 4.78 is 10.9. The number of nitrogens with zero attached hydrogens (tertiary/aromatic N) is 2. The van der Waals surface area contributed by atoms with Crippen molar-refractivity contribution >= 4 is 12.1 Å². The van der Waals surface area contributed by atoms with Gasteiger partial charge < -0.3 is 30.1 Å². The van der Waals surface area contributed by atoms with Crippen LogP contribution in [0.15, 0.2) is 4.99 Å². The molecule has 2 unspecified atom stereocenters. The van der Waals surface area contributed by atoms with Gasteiger partial charge in [-0.05, 0) is 39.5 Å². The Morgan fingerprint density at radius 3 is 2.63 bits per heavy atom. The van der Waals surface area contributed by atoms with E-state index in [9.17, 15) is 9.90 Å². The van der Waals surface area contributed by atoms with Crippen LogP contribution in [0.3, 0.4) is 0 Å². The largest absolute Gasteiger partial charge is 0.444 e. The van der Waals surface area contributed by atoms with Gasteiger partial charge in [-0.2, -0.15) is 0 Å². The summed E-state index contributed by atoms with van der Waals surface area (Å²) in [4.78, 5) is 17.9. The molecule has 8 heteroatoms. The number of carbonyl (C=O) groups is 1. The van der Waals surface area contributed by atoms with E-state index in [2.05, 4.69) is 22.5 Å². The maximum Gasteiger partial charge on any atom is 0.410 e. The molecule has 2 atom stereocenters. The number of aliphatic hydroxyl groups is 1. The Bertz CT molecular complexity index is 485. The minimum absolute atomic E-state index is 0.0328. The highest BCUT2D eigenvalue weighted by molar-refractivity contribution is 5.79. The van der Waals surface area contributed by atoms with E-state index < -0.39 is 5.60 Å². The molecular weight excluding hydrogens is 348 g/mol. The molecule has 0 aromatic carbocycles. The van der Waals surface area contributed by atoms with E-state index in [0.717, 1.165) is 13.0 Å². The summed E-state index contributed by atoms with van der Waals surface area (Å²) >= 11 is 0. The molecule has 0 aliphatic carbocycles. The van der Waals surface area contributed by atoms with Crippen molar-refractivity contribution in [3.8, 4) is 0 Å². The van der Waals surface area contributed by atoms with Gasteiger partial charge in [-0.3, -0.25) is 4.99 Å². The van der Waals surface area contributed by atoms with Crippen LogP contribution in [0.1, 0.15) is 40.5 Å². The first kappa shape index (κ1) is 23.5. The molecule has 0 spiro atoms. The van der Waals surface area contributed by atoms with Crippen LogP contribution in [0.4, 0.5) is 4.79 Å². The molecule has 1 saturated heterocycles. The van der Waals surface area contributed by atoms with E-state index >= 15 is 0 Å². The zero-order chi connectivity index (χ0) is 20.5. The van der Waals surface area contributed by atoms with Gasteiger partial charge >= 0.3 is 6.09 Å². The number of carbonyl (C=O) groups excluding carboxylic acids is 1. The van der Waals surface area contributed by atoms with Crippen LogP contribution in [-0.4, -0.2) is 81.2 Å². The lowest BCUT2D eigenvalue weighted by Gasteiger charge is -2.28. The van der Waals surface area contributed by atoms with Crippen LogP contribution >= 0.6 is 0 Å². The number of aliphatic imine (C=N–C) groups is 1. The minimum atomic E-state index is -0.493. The van der Waals surface area contributed by atoms with Crippen molar-refractivity contribution < 1.29 is 19.4 Å². The van der Waals surface area contributed by atoms with Crippen molar-refractivity contribution in [3.05, 3.63) is 0 Å². The van der Waals surface area contributed by atoms with Gasteiger partial charge in [0.05, 0.1) is 6.61 Å². The molecule has 27 heavy (non-hydrogen) atoms. The zero-order valence-electron chi connectivity index (χ0n) is 17.8. The Labute approximate surface area is 163 Å². The zero-order valence-corrected chi connectivity index (χ0v) is 17.8. The number of nitrogens with one attached hydrogen (secondary N) is 2. The van der Waals surface area contributed by atoms with Crippen LogP contribution in [-0.2, 0) is 9.47 Å². The molecule has 3 N–H and O–H groups in total. The van der Waals surface area contributed by atoms with Gasteiger partial charge in [0.25, 0.3) is 0 Å². The third-order valence-electron chi connectivity index (χ3n) is 4.59. The van der Waals surface area contributed by atoms with Crippen LogP contribution in [0.25, 0.3) is 0 Å². The molecule has 1 amide bonds. The number of hydrogen-bond donors (Lipinski definition) is 3. The lowest BCUT2D eigenvalue weighted by Crippen LogP contribution is -2.46. The summed E-state index contributed by atoms with van der Waals surface area (Å²) in [6.45, 7) is 11.2. The highest BCUT2D eigenvalue weighted by Crippen LogP contribution is 2.31. The van der Waals surface area contributed by atoms with E-state index in [-0.39, 0.29) is 24.0 Å². The summed E-state index contributed by atoms with van der Waals surface area (Å²) in [6, 6.07) is 0. The van der Waals surface area contributed by atoms with E-state index in [1.165, 1.54) is 0 Å². The lowest BCUT2D eigenvalue weighted by molar-refractivity contribution is 0.0278. The molecule has 1 rings (SSSR count). The Kier molecular flexibility index (Phi) is 9.32. The number of guanidine groups is 1. The predicted molar refractivity (Wildman–Crippen MR) is 107 cm³/mol. The summed E-state index contributed by atoms with van der Waals surface area (Å²) in [5.41, 5.74) is -0.526. The van der Waals surface area contributed by atoms with E-state index in [1.807, 2.05) is 20.8 Å². The van der Waals surface area contributed by atoms with E-state index in [0.29, 0.717) is 38.6 Å². The molecule has 158 valence electrons. The average Bonchev–Trinajstić information content (AvgIpc) is 3.02. The number of aliphatic hydroxyl groups excluding tert-OH is 1. The molecule has 0 radical (unpaired) electrons. The first-order valence-corrected chi connectivity index (χ1v) is 9.68. The van der Waals surface area contributed by atoms with Crippen molar-refractivity contribution in [3.63, 3.8) is 0 Å². The molecule has 8 nitrogen and oxygen atoms in total. The van der Waals surface area contributed by atoms with Gasteiger partial charge in [0.15, 0.2) is 5.96 Å². The molecule has 0 bridgehead atoms. The van der Waals surface area contributed by atoms with Gasteiger partial charge in [0, 0.05) is 52.4 Å². The second-order valence-electron chi connectivity index (χ2n) is 8.55. The highest BCUT2D eigenvalue weighted by Gasteiger charge is 2.34. The smallest absolute Gasteiger partial charge is 0.410 e. The molecule has 0 saturated carbocycles. The Morgan fingerprint density at radius 1 is 1.41 bits per heavy atom. The fourth-order valence-corrected chi connectivity index (χ4v) is 3.02. The second-order valence-corrected chi connectivity index (χ2v) is 8.55. The highest BCUT2D eigenvalue weighted by atomic mass is 16.6. The summed E-state index contributed by atoms with van der Waals surface area (Å²) in [7, 11) is 3.48. The Balaban J connectivity index is 2.40. The molecule has 1 heterocycles. The van der Waals surface area contributed by atoms with Gasteiger partial charge in [-0.1, -0.05) is 6.92 Å². The van der Waals surface area contributed by atoms with Crippen LogP contribution in [0.5, 0.6) is 0 Å². The van der Waals surface area contributed by atoms with Gasteiger partial charge in [-0.25, -0.2) is 4.79 Å². The lowest BCUT2D eigenvalue weighted by atomic mass is 9.84. The molecular formula is C19H38N4O4. The topological polar surface area (TPSA) is 95.4 Å². The normalized spacial score (nSPS) is 21.7. The van der Waals surface area contributed by atoms with Crippen LogP contribution in [0.2, 0.25) is 0 Å². The third kappa shape index (κ3) is 8.79. The predicted octanol–water partition coefficient (Wildman–Crippen LogP) is 1.44. The third-order valence-corrected chi connectivity index (χ3v) is 4.59. The molecule has 1 aliphatic heterocycles. The molecule has 1 fully saturated rings. The van der Waals surface area contributed by atoms with Gasteiger partial charge in [-0.15, -0.1) is 0 Å². The number of hydrogen-bond acceptors (Lipinski definition) is 5. The quantitative estimate of drug-likeness (QED) is 0.432. The fraction of sp³-hybridized carbons (Fsp3) is 0.895. The summed E-state index contributed by atoms with van der Waals surface area (Å²) in [5.74, 6) is 0.938. The molecule has 1 aliphatic rings. The standard InChI is InChI=1S/C19H38N4O4/c1-15(12-23(6)17(25)27-18(2,3)4)11-21-16(20-5)22-13-19(7-9-24)8-10-26-14-19/h15,24H,7-14H2,1-6H3,(H2,20,21,22).